The first-order valence-corrected chi connectivity index (χ1v) is 36.1. The van der Waals surface area contributed by atoms with Gasteiger partial charge >= 0.3 is 0 Å². The Bertz CT molecular complexity index is 6050. The summed E-state index contributed by atoms with van der Waals surface area (Å²) in [6.07, 6.45) is 0. The second-order valence-corrected chi connectivity index (χ2v) is 30.4. The number of hydrogen-bond donors (Lipinski definition) is 0. The summed E-state index contributed by atoms with van der Waals surface area (Å²) in [6.45, 7) is 7.18. The van der Waals surface area contributed by atoms with Crippen LogP contribution in [0.1, 0.15) is 116 Å². The fourth-order valence-corrected chi connectivity index (χ4v) is 20.9. The molecule has 4 heterocycles. The number of nitrogens with zero attached hydrogens (tertiary/aromatic N) is 2. The van der Waals surface area contributed by atoms with Gasteiger partial charge in [-0.05, 0) is 194 Å². The molecular formula is C98H65BN2. The van der Waals surface area contributed by atoms with Gasteiger partial charge in [-0.15, -0.1) is 0 Å². The average Bonchev–Trinajstić information content (AvgIpc) is 1.59. The van der Waals surface area contributed by atoms with Gasteiger partial charge in [0.05, 0.1) is 32.9 Å². The number of para-hydroxylation sites is 2. The monoisotopic (exact) mass is 1280 g/mol. The van der Waals surface area contributed by atoms with Gasteiger partial charge in [0.25, 0.3) is 0 Å². The maximum Gasteiger partial charge on any atom is 0.242 e. The van der Waals surface area contributed by atoms with E-state index >= 15 is 0 Å². The Balaban J connectivity index is 0.776. The second kappa shape index (κ2) is 19.9. The van der Waals surface area contributed by atoms with E-state index in [1.165, 1.54) is 199 Å². The van der Waals surface area contributed by atoms with Crippen LogP contribution in [-0.4, -0.2) is 15.8 Å². The molecule has 4 aliphatic carbocycles. The van der Waals surface area contributed by atoms with Crippen molar-refractivity contribution < 1.29 is 0 Å². The molecule has 2 spiro atoms. The molecule has 2 unspecified atom stereocenters. The van der Waals surface area contributed by atoms with Gasteiger partial charge in [-0.1, -0.05) is 304 Å². The molecule has 2 atom stereocenters. The minimum absolute atomic E-state index is 0.0494. The van der Waals surface area contributed by atoms with Crippen LogP contribution in [0.5, 0.6) is 0 Å². The predicted molar refractivity (Wildman–Crippen MR) is 419 cm³/mol. The van der Waals surface area contributed by atoms with Crippen LogP contribution in [0, 0.1) is 0 Å². The van der Waals surface area contributed by atoms with E-state index < -0.39 is 10.8 Å². The molecule has 0 radical (unpaired) electrons. The number of aromatic nitrogens is 2. The highest BCUT2D eigenvalue weighted by Gasteiger charge is 2.54. The molecule has 17 aromatic rings. The van der Waals surface area contributed by atoms with E-state index in [4.69, 9.17) is 0 Å². The molecule has 23 rings (SSSR count). The number of fused-ring (bicyclic) bond motifs is 30. The minimum atomic E-state index is -0.479. The topological polar surface area (TPSA) is 9.86 Å². The quantitative estimate of drug-likeness (QED) is 0.155. The summed E-state index contributed by atoms with van der Waals surface area (Å²) in [4.78, 5) is 0. The van der Waals surface area contributed by atoms with E-state index in [0.29, 0.717) is 0 Å². The van der Waals surface area contributed by atoms with Gasteiger partial charge in [0, 0.05) is 44.8 Å². The molecule has 101 heavy (non-hydrogen) atoms. The first kappa shape index (κ1) is 55.9. The fraction of sp³-hybridized carbons (Fsp3) is 0.0816. The van der Waals surface area contributed by atoms with Crippen molar-refractivity contribution in [1.82, 2.24) is 9.13 Å². The maximum atomic E-state index is 2.63. The highest BCUT2D eigenvalue weighted by molar-refractivity contribution is 6.97. The SMILES string of the molecule is CC(C)(C)c1cc2c3c(c1)C(c1ccccc1)c1cc(-n4c5ccccc5c5cc6c(cc54)C4(c5ccccc5-c5ccccc54)c4ccccc4-6)ccc1B3c1ccc(-n3c4ccccc4c4cc5c(cc43)C3(c4ccccc4-c4ccccc43)c3ccccc3-5)cc1C2c1ccccc1. The van der Waals surface area contributed by atoms with Gasteiger partial charge in [-0.25, -0.2) is 0 Å². The minimum Gasteiger partial charge on any atom is -0.309 e. The number of benzene rings is 15. The molecular weight excluding hydrogens is 1220 g/mol. The molecule has 3 heteroatoms. The molecule has 0 fully saturated rings. The van der Waals surface area contributed by atoms with Crippen molar-refractivity contribution in [3.63, 3.8) is 0 Å². The molecule has 0 saturated heterocycles. The Morgan fingerprint density at radius 2 is 0.594 bits per heavy atom. The third kappa shape index (κ3) is 7.04. The van der Waals surface area contributed by atoms with Gasteiger partial charge in [-0.2, -0.15) is 0 Å². The normalized spacial score (nSPS) is 16.0. The average molecular weight is 1280 g/mol. The molecule has 15 aromatic carbocycles. The first-order valence-electron chi connectivity index (χ1n) is 36.1. The van der Waals surface area contributed by atoms with Crippen molar-refractivity contribution in [3.05, 3.63) is 411 Å². The van der Waals surface area contributed by atoms with E-state index in [0.717, 1.165) is 0 Å². The van der Waals surface area contributed by atoms with E-state index in [2.05, 4.69) is 357 Å². The first-order chi connectivity index (χ1) is 49.8. The van der Waals surface area contributed by atoms with Gasteiger partial charge in [0.15, 0.2) is 0 Å². The van der Waals surface area contributed by atoms with Gasteiger partial charge in [-0.3, -0.25) is 0 Å². The van der Waals surface area contributed by atoms with Crippen molar-refractivity contribution in [1.29, 1.82) is 0 Å². The Morgan fingerprint density at radius 3 is 0.960 bits per heavy atom. The van der Waals surface area contributed by atoms with E-state index in [9.17, 15) is 0 Å². The standard InChI is InChI=1S/C98H65BN2/c1-96(2,3)60-50-77-93(58-26-6-4-7-27-58)75-52-61(100-89-44-24-16-36-69(89)73-54-71-67-34-14-22-42-83(67)97(85(71)56-91(73)100)79-38-18-10-30-63(79)64-31-11-19-39-80(64)97)46-48-87(75)99-88-49-47-62(53-76(88)94(78(51-60)95(77)99)59-28-8-5-9-29-59)101-90-45-25-17-37-70(90)74-55-72-68-35-15-23-43-84(68)98(86(72)57-92(74)101)81-40-20-12-32-65(81)66-33-13-21-41-82(66)98/h4-57,93-94H,1-3H3. The molecule has 0 N–H and O–H groups in total. The summed E-state index contributed by atoms with van der Waals surface area (Å²) in [5.41, 5.74) is 41.1. The van der Waals surface area contributed by atoms with Crippen LogP contribution in [0.4, 0.5) is 0 Å². The van der Waals surface area contributed by atoms with Crippen molar-refractivity contribution in [2.45, 2.75) is 48.9 Å². The van der Waals surface area contributed by atoms with Crippen molar-refractivity contribution in [2.75, 3.05) is 0 Å². The smallest absolute Gasteiger partial charge is 0.242 e. The summed E-state index contributed by atoms with van der Waals surface area (Å²) in [5, 5.41) is 5.05. The van der Waals surface area contributed by atoms with Crippen LogP contribution in [0.25, 0.3) is 99.5 Å². The largest absolute Gasteiger partial charge is 0.309 e. The molecule has 6 aliphatic rings. The molecule has 2 aliphatic heterocycles. The predicted octanol–water partition coefficient (Wildman–Crippen LogP) is 21.4. The van der Waals surface area contributed by atoms with Crippen LogP contribution < -0.4 is 16.4 Å². The van der Waals surface area contributed by atoms with E-state index in [1.54, 1.807) is 0 Å². The van der Waals surface area contributed by atoms with Gasteiger partial charge < -0.3 is 9.13 Å². The van der Waals surface area contributed by atoms with Crippen LogP contribution >= 0.6 is 0 Å². The van der Waals surface area contributed by atoms with Crippen LogP contribution in [-0.2, 0) is 16.2 Å². The molecule has 0 amide bonds. The highest BCUT2D eigenvalue weighted by atomic mass is 15.0. The molecule has 0 bridgehead atoms. The maximum absolute atomic E-state index is 2.63. The summed E-state index contributed by atoms with van der Waals surface area (Å²) in [7, 11) is 0. The fourth-order valence-electron chi connectivity index (χ4n) is 20.9. The third-order valence-electron chi connectivity index (χ3n) is 24.8. The van der Waals surface area contributed by atoms with Gasteiger partial charge in [0.1, 0.15) is 0 Å². The third-order valence-corrected chi connectivity index (χ3v) is 24.8. The number of rotatable bonds is 4. The van der Waals surface area contributed by atoms with Gasteiger partial charge in [0.2, 0.25) is 6.71 Å². The Hall–Kier alpha value is -12.0. The second-order valence-electron chi connectivity index (χ2n) is 30.4. The summed E-state index contributed by atoms with van der Waals surface area (Å²) < 4.78 is 5.23. The van der Waals surface area contributed by atoms with Crippen LogP contribution in [0.2, 0.25) is 0 Å². The Labute approximate surface area is 587 Å². The lowest BCUT2D eigenvalue weighted by Crippen LogP contribution is -2.62. The lowest BCUT2D eigenvalue weighted by Gasteiger charge is -2.42. The Kier molecular flexibility index (Phi) is 11.0. The zero-order valence-corrected chi connectivity index (χ0v) is 56.3. The van der Waals surface area contributed by atoms with E-state index in [-0.39, 0.29) is 24.0 Å². The lowest BCUT2D eigenvalue weighted by molar-refractivity contribution is 0.588. The summed E-state index contributed by atoms with van der Waals surface area (Å²) >= 11 is 0. The van der Waals surface area contributed by atoms with Crippen molar-refractivity contribution >= 4 is 66.7 Å². The van der Waals surface area contributed by atoms with Crippen molar-refractivity contribution in [2.24, 2.45) is 0 Å². The Morgan fingerprint density at radius 1 is 0.267 bits per heavy atom. The number of hydrogen-bond acceptors (Lipinski definition) is 0. The van der Waals surface area contributed by atoms with Crippen LogP contribution in [0.3, 0.4) is 0 Å². The molecule has 470 valence electrons. The van der Waals surface area contributed by atoms with Crippen LogP contribution in [0.15, 0.2) is 328 Å². The molecule has 0 saturated carbocycles. The lowest BCUT2D eigenvalue weighted by atomic mass is 9.28. The molecule has 2 aromatic heterocycles. The van der Waals surface area contributed by atoms with Crippen molar-refractivity contribution in [3.8, 4) is 55.9 Å². The van der Waals surface area contributed by atoms with E-state index in [1.807, 2.05) is 0 Å². The summed E-state index contributed by atoms with van der Waals surface area (Å²) in [5.74, 6) is -0.102. The molecule has 2 nitrogen and oxygen atoms in total. The zero-order chi connectivity index (χ0) is 66.4. The highest BCUT2D eigenvalue weighted by Crippen LogP contribution is 2.66. The zero-order valence-electron chi connectivity index (χ0n) is 56.3. The summed E-state index contributed by atoms with van der Waals surface area (Å²) in [6, 6.07) is 127.